The predicted octanol–water partition coefficient (Wildman–Crippen LogP) is 6.52. The second kappa shape index (κ2) is 9.38. The van der Waals surface area contributed by atoms with E-state index in [0.29, 0.717) is 17.7 Å². The fourth-order valence-electron chi connectivity index (χ4n) is 4.27. The molecule has 1 aromatic heterocycles. The summed E-state index contributed by atoms with van der Waals surface area (Å²) in [6.45, 7) is 4.08. The van der Waals surface area contributed by atoms with E-state index in [1.807, 2.05) is 13.0 Å². The number of benzene rings is 1. The van der Waals surface area contributed by atoms with Gasteiger partial charge in [0.25, 0.3) is 0 Å². The maximum Gasteiger partial charge on any atom is 0.168 e. The largest absolute Gasteiger partial charge is 0.203 e. The maximum atomic E-state index is 14.3. The van der Waals surface area contributed by atoms with E-state index in [9.17, 15) is 8.78 Å². The first kappa shape index (κ1) is 19.9. The Balaban J connectivity index is 1.58. The molecule has 1 fully saturated rings. The number of hydrogen-bond donors (Lipinski definition) is 0. The van der Waals surface area contributed by atoms with Crippen molar-refractivity contribution in [3.63, 3.8) is 0 Å². The quantitative estimate of drug-likeness (QED) is 0.553. The molecule has 3 rings (SSSR count). The Morgan fingerprint density at radius 1 is 0.852 bits per heavy atom. The topological polar surface area (TPSA) is 25.8 Å². The van der Waals surface area contributed by atoms with Crippen molar-refractivity contribution in [2.45, 2.75) is 71.6 Å². The summed E-state index contributed by atoms with van der Waals surface area (Å²) in [6, 6.07) is 6.87. The molecule has 0 N–H and O–H groups in total. The average molecular weight is 373 g/mol. The lowest BCUT2D eigenvalue weighted by molar-refractivity contribution is 0.252. The third-order valence-electron chi connectivity index (χ3n) is 6.01. The Hall–Kier alpha value is -1.84. The molecular formula is C23H30F2N2. The summed E-state index contributed by atoms with van der Waals surface area (Å²) in [4.78, 5) is 0. The Morgan fingerprint density at radius 2 is 1.56 bits per heavy atom. The van der Waals surface area contributed by atoms with E-state index < -0.39 is 11.6 Å². The predicted molar refractivity (Wildman–Crippen MR) is 105 cm³/mol. The molecule has 4 heteroatoms. The fourth-order valence-corrected chi connectivity index (χ4v) is 4.27. The third kappa shape index (κ3) is 4.91. The molecule has 0 radical (unpaired) electrons. The molecule has 1 aliphatic rings. The minimum absolute atomic E-state index is 0.179. The van der Waals surface area contributed by atoms with Crippen LogP contribution in [-0.2, 0) is 12.8 Å². The van der Waals surface area contributed by atoms with E-state index in [1.54, 1.807) is 18.2 Å². The van der Waals surface area contributed by atoms with Crippen LogP contribution in [-0.4, -0.2) is 10.2 Å². The first-order valence-electron chi connectivity index (χ1n) is 10.4. The van der Waals surface area contributed by atoms with Crippen molar-refractivity contribution in [1.29, 1.82) is 0 Å². The van der Waals surface area contributed by atoms with E-state index in [0.717, 1.165) is 30.4 Å². The molecule has 1 heterocycles. The Bertz CT molecular complexity index is 735. The van der Waals surface area contributed by atoms with Gasteiger partial charge in [0.2, 0.25) is 0 Å². The molecule has 1 aliphatic carbocycles. The van der Waals surface area contributed by atoms with Crippen molar-refractivity contribution in [2.75, 3.05) is 0 Å². The van der Waals surface area contributed by atoms with E-state index in [1.165, 1.54) is 38.5 Å². The lowest BCUT2D eigenvalue weighted by Gasteiger charge is -2.28. The molecule has 0 unspecified atom stereocenters. The lowest BCUT2D eigenvalue weighted by Crippen LogP contribution is -2.15. The third-order valence-corrected chi connectivity index (χ3v) is 6.01. The fraction of sp³-hybridized carbons (Fsp3) is 0.565. The van der Waals surface area contributed by atoms with Gasteiger partial charge in [0.15, 0.2) is 11.6 Å². The van der Waals surface area contributed by atoms with Crippen molar-refractivity contribution in [3.8, 4) is 11.3 Å². The highest BCUT2D eigenvalue weighted by Gasteiger charge is 2.20. The smallest absolute Gasteiger partial charge is 0.168 e. The van der Waals surface area contributed by atoms with Crippen LogP contribution in [0.1, 0.15) is 70.1 Å². The zero-order valence-corrected chi connectivity index (χ0v) is 16.5. The SMILES string of the molecule is CCCC1CCC(CCc2ccc(-c3ccc(CC)c(F)c3F)nn2)CC1. The first-order chi connectivity index (χ1) is 13.1. The summed E-state index contributed by atoms with van der Waals surface area (Å²) in [5, 5.41) is 8.41. The summed E-state index contributed by atoms with van der Waals surface area (Å²) in [5.41, 5.74) is 1.88. The van der Waals surface area contributed by atoms with Gasteiger partial charge in [-0.25, -0.2) is 8.78 Å². The molecule has 0 amide bonds. The van der Waals surface area contributed by atoms with Crippen LogP contribution in [0.15, 0.2) is 24.3 Å². The number of nitrogens with zero attached hydrogens (tertiary/aromatic N) is 2. The van der Waals surface area contributed by atoms with Crippen LogP contribution in [0.25, 0.3) is 11.3 Å². The van der Waals surface area contributed by atoms with Gasteiger partial charge in [-0.3, -0.25) is 0 Å². The molecule has 0 aliphatic heterocycles. The van der Waals surface area contributed by atoms with Crippen LogP contribution in [0, 0.1) is 23.5 Å². The monoisotopic (exact) mass is 372 g/mol. The van der Waals surface area contributed by atoms with Gasteiger partial charge in [-0.1, -0.05) is 58.4 Å². The van der Waals surface area contributed by atoms with Gasteiger partial charge in [0.05, 0.1) is 11.4 Å². The summed E-state index contributed by atoms with van der Waals surface area (Å²) >= 11 is 0. The number of aromatic nitrogens is 2. The average Bonchev–Trinajstić information content (AvgIpc) is 2.70. The van der Waals surface area contributed by atoms with Crippen molar-refractivity contribution < 1.29 is 8.78 Å². The molecule has 0 saturated heterocycles. The Kier molecular flexibility index (Phi) is 6.92. The first-order valence-corrected chi connectivity index (χ1v) is 10.4. The van der Waals surface area contributed by atoms with E-state index in [4.69, 9.17) is 0 Å². The molecule has 2 nitrogen and oxygen atoms in total. The zero-order chi connectivity index (χ0) is 19.2. The van der Waals surface area contributed by atoms with Crippen molar-refractivity contribution in [1.82, 2.24) is 10.2 Å². The molecule has 2 aromatic rings. The molecule has 1 aromatic carbocycles. The van der Waals surface area contributed by atoms with Gasteiger partial charge < -0.3 is 0 Å². The number of hydrogen-bond acceptors (Lipinski definition) is 2. The maximum absolute atomic E-state index is 14.3. The number of halogens is 2. The second-order valence-corrected chi connectivity index (χ2v) is 7.88. The van der Waals surface area contributed by atoms with Gasteiger partial charge in [-0.2, -0.15) is 10.2 Å². The lowest BCUT2D eigenvalue weighted by atomic mass is 9.78. The summed E-state index contributed by atoms with van der Waals surface area (Å²) in [6.07, 6.45) is 10.5. The molecular weight excluding hydrogens is 342 g/mol. The Morgan fingerprint density at radius 3 is 2.15 bits per heavy atom. The minimum atomic E-state index is -0.833. The van der Waals surface area contributed by atoms with Crippen LogP contribution < -0.4 is 0 Å². The summed E-state index contributed by atoms with van der Waals surface area (Å²) in [7, 11) is 0. The number of rotatable bonds is 7. The van der Waals surface area contributed by atoms with Crippen molar-refractivity contribution >= 4 is 0 Å². The molecule has 27 heavy (non-hydrogen) atoms. The zero-order valence-electron chi connectivity index (χ0n) is 16.5. The van der Waals surface area contributed by atoms with Gasteiger partial charge in [-0.15, -0.1) is 0 Å². The highest BCUT2D eigenvalue weighted by atomic mass is 19.2. The highest BCUT2D eigenvalue weighted by Crippen LogP contribution is 2.33. The standard InChI is InChI=1S/C23H30F2N2/c1-3-5-16-6-8-17(9-7-16)10-12-19-13-15-21(27-26-19)20-14-11-18(4-2)22(24)23(20)25/h11,13-17H,3-10,12H2,1-2H3. The minimum Gasteiger partial charge on any atom is -0.203 e. The summed E-state index contributed by atoms with van der Waals surface area (Å²) < 4.78 is 28.3. The van der Waals surface area contributed by atoms with Gasteiger partial charge in [0, 0.05) is 5.56 Å². The molecule has 0 atom stereocenters. The van der Waals surface area contributed by atoms with Crippen LogP contribution in [0.5, 0.6) is 0 Å². The molecule has 0 bridgehead atoms. The van der Waals surface area contributed by atoms with Gasteiger partial charge >= 0.3 is 0 Å². The van der Waals surface area contributed by atoms with Gasteiger partial charge in [0.1, 0.15) is 0 Å². The van der Waals surface area contributed by atoms with E-state index in [2.05, 4.69) is 17.1 Å². The number of aryl methyl sites for hydroxylation is 2. The second-order valence-electron chi connectivity index (χ2n) is 7.88. The molecule has 1 saturated carbocycles. The van der Waals surface area contributed by atoms with Crippen LogP contribution in [0.2, 0.25) is 0 Å². The van der Waals surface area contributed by atoms with Crippen molar-refractivity contribution in [2.24, 2.45) is 11.8 Å². The molecule has 146 valence electrons. The van der Waals surface area contributed by atoms with Crippen LogP contribution in [0.3, 0.4) is 0 Å². The van der Waals surface area contributed by atoms with Gasteiger partial charge in [-0.05, 0) is 54.9 Å². The van der Waals surface area contributed by atoms with Crippen LogP contribution >= 0.6 is 0 Å². The Labute approximate surface area is 161 Å². The summed E-state index contributed by atoms with van der Waals surface area (Å²) in [5.74, 6) is 0.104. The van der Waals surface area contributed by atoms with E-state index in [-0.39, 0.29) is 5.56 Å². The van der Waals surface area contributed by atoms with E-state index >= 15 is 0 Å². The van der Waals surface area contributed by atoms with Crippen molar-refractivity contribution in [3.05, 3.63) is 47.2 Å². The molecule has 0 spiro atoms. The highest BCUT2D eigenvalue weighted by molar-refractivity contribution is 5.60. The van der Waals surface area contributed by atoms with Crippen LogP contribution in [0.4, 0.5) is 8.78 Å². The normalized spacial score (nSPS) is 20.0.